The van der Waals surface area contributed by atoms with Crippen molar-refractivity contribution in [2.75, 3.05) is 32.8 Å². The predicted molar refractivity (Wildman–Crippen MR) is 73.6 cm³/mol. The molecule has 1 unspecified atom stereocenters. The van der Waals surface area contributed by atoms with Crippen LogP contribution in [0.1, 0.15) is 46.0 Å². The second-order valence-corrected chi connectivity index (χ2v) is 5.14. The van der Waals surface area contributed by atoms with Gasteiger partial charge in [-0.15, -0.1) is 0 Å². The summed E-state index contributed by atoms with van der Waals surface area (Å²) >= 11 is 0. The molecule has 1 aliphatic heterocycles. The molecule has 0 aliphatic carbocycles. The highest BCUT2D eigenvalue weighted by atomic mass is 16.5. The largest absolute Gasteiger partial charge is 0.380 e. The van der Waals surface area contributed by atoms with Crippen LogP contribution in [0.4, 0.5) is 0 Å². The molecule has 0 aromatic heterocycles. The lowest BCUT2D eigenvalue weighted by molar-refractivity contribution is -0.132. The molecule has 18 heavy (non-hydrogen) atoms. The van der Waals surface area contributed by atoms with E-state index in [0.29, 0.717) is 13.2 Å². The van der Waals surface area contributed by atoms with Crippen molar-refractivity contribution in [3.8, 4) is 0 Å². The van der Waals surface area contributed by atoms with E-state index >= 15 is 0 Å². The van der Waals surface area contributed by atoms with Crippen molar-refractivity contribution in [3.63, 3.8) is 0 Å². The van der Waals surface area contributed by atoms with Crippen molar-refractivity contribution in [1.29, 1.82) is 0 Å². The van der Waals surface area contributed by atoms with Crippen molar-refractivity contribution in [2.24, 2.45) is 5.41 Å². The van der Waals surface area contributed by atoms with Crippen LogP contribution in [0.15, 0.2) is 0 Å². The Balaban J connectivity index is 2.21. The summed E-state index contributed by atoms with van der Waals surface area (Å²) in [5, 5.41) is 6.35. The standard InChI is InChI=1S/C14H28N2O2/c1-3-5-10-18-11-9-16-13(17)14(4-2)7-6-8-15-12-14/h15H,3-12H2,1-2H3,(H,16,17). The van der Waals surface area contributed by atoms with E-state index in [0.717, 1.165) is 51.8 Å². The Morgan fingerprint density at radius 3 is 2.83 bits per heavy atom. The molecule has 1 amide bonds. The zero-order chi connectivity index (χ0) is 13.3. The quantitative estimate of drug-likeness (QED) is 0.650. The van der Waals surface area contributed by atoms with Crippen LogP contribution in [0.5, 0.6) is 0 Å². The topological polar surface area (TPSA) is 50.4 Å². The van der Waals surface area contributed by atoms with E-state index in [1.807, 2.05) is 0 Å². The molecule has 2 N–H and O–H groups in total. The molecular formula is C14H28N2O2. The van der Waals surface area contributed by atoms with E-state index in [9.17, 15) is 4.79 Å². The molecule has 1 rings (SSSR count). The summed E-state index contributed by atoms with van der Waals surface area (Å²) in [4.78, 5) is 12.2. The third-order valence-electron chi connectivity index (χ3n) is 3.80. The number of carbonyl (C=O) groups excluding carboxylic acids is 1. The SMILES string of the molecule is CCCCOCCNC(=O)C1(CC)CCCNC1. The van der Waals surface area contributed by atoms with E-state index in [2.05, 4.69) is 24.5 Å². The molecule has 0 bridgehead atoms. The second-order valence-electron chi connectivity index (χ2n) is 5.14. The lowest BCUT2D eigenvalue weighted by Crippen LogP contribution is -2.50. The van der Waals surface area contributed by atoms with Gasteiger partial charge in [0.25, 0.3) is 0 Å². The number of amides is 1. The van der Waals surface area contributed by atoms with E-state index in [1.54, 1.807) is 0 Å². The highest BCUT2D eigenvalue weighted by Crippen LogP contribution is 2.29. The van der Waals surface area contributed by atoms with Crippen LogP contribution in [0.2, 0.25) is 0 Å². The molecule has 4 nitrogen and oxygen atoms in total. The molecule has 0 aromatic carbocycles. The maximum Gasteiger partial charge on any atom is 0.227 e. The van der Waals surface area contributed by atoms with Crippen molar-refractivity contribution in [2.45, 2.75) is 46.0 Å². The number of ether oxygens (including phenoxy) is 1. The Hall–Kier alpha value is -0.610. The Kier molecular flexibility index (Phi) is 7.28. The minimum Gasteiger partial charge on any atom is -0.380 e. The highest BCUT2D eigenvalue weighted by Gasteiger charge is 2.37. The fourth-order valence-corrected chi connectivity index (χ4v) is 2.40. The van der Waals surface area contributed by atoms with Gasteiger partial charge in [-0.25, -0.2) is 0 Å². The van der Waals surface area contributed by atoms with Gasteiger partial charge in [-0.05, 0) is 32.2 Å². The molecule has 0 saturated carbocycles. The lowest BCUT2D eigenvalue weighted by atomic mass is 9.77. The monoisotopic (exact) mass is 256 g/mol. The van der Waals surface area contributed by atoms with Gasteiger partial charge >= 0.3 is 0 Å². The van der Waals surface area contributed by atoms with Gasteiger partial charge in [0.05, 0.1) is 12.0 Å². The normalized spacial score (nSPS) is 23.9. The third kappa shape index (κ3) is 4.58. The Labute approximate surface area is 111 Å². The molecule has 1 fully saturated rings. The molecule has 106 valence electrons. The Bertz CT molecular complexity index is 238. The summed E-state index contributed by atoms with van der Waals surface area (Å²) in [5.41, 5.74) is -0.193. The first-order chi connectivity index (χ1) is 8.75. The molecule has 4 heteroatoms. The number of carbonyl (C=O) groups is 1. The summed E-state index contributed by atoms with van der Waals surface area (Å²) in [5.74, 6) is 0.191. The molecule has 1 heterocycles. The zero-order valence-corrected chi connectivity index (χ0v) is 11.9. The van der Waals surface area contributed by atoms with E-state index in [-0.39, 0.29) is 11.3 Å². The maximum atomic E-state index is 12.2. The number of nitrogens with one attached hydrogen (secondary N) is 2. The molecule has 0 radical (unpaired) electrons. The van der Waals surface area contributed by atoms with Gasteiger partial charge in [-0.3, -0.25) is 4.79 Å². The summed E-state index contributed by atoms with van der Waals surface area (Å²) in [6.07, 6.45) is 5.24. The fourth-order valence-electron chi connectivity index (χ4n) is 2.40. The van der Waals surface area contributed by atoms with Crippen molar-refractivity contribution in [3.05, 3.63) is 0 Å². The van der Waals surface area contributed by atoms with Crippen LogP contribution in [0.25, 0.3) is 0 Å². The molecular weight excluding hydrogens is 228 g/mol. The van der Waals surface area contributed by atoms with Gasteiger partial charge in [0.1, 0.15) is 0 Å². The molecule has 1 saturated heterocycles. The molecule has 0 aromatic rings. The van der Waals surface area contributed by atoms with Crippen molar-refractivity contribution >= 4 is 5.91 Å². The average Bonchev–Trinajstić information content (AvgIpc) is 2.43. The third-order valence-corrected chi connectivity index (χ3v) is 3.80. The van der Waals surface area contributed by atoms with Gasteiger partial charge in [0, 0.05) is 19.7 Å². The summed E-state index contributed by atoms with van der Waals surface area (Å²) in [6.45, 7) is 8.15. The number of piperidine rings is 1. The van der Waals surface area contributed by atoms with E-state index in [1.165, 1.54) is 0 Å². The Morgan fingerprint density at radius 1 is 1.39 bits per heavy atom. The number of unbranched alkanes of at least 4 members (excludes halogenated alkanes) is 1. The number of hydrogen-bond acceptors (Lipinski definition) is 3. The first-order valence-electron chi connectivity index (χ1n) is 7.32. The van der Waals surface area contributed by atoms with Crippen LogP contribution in [0, 0.1) is 5.41 Å². The van der Waals surface area contributed by atoms with Crippen LogP contribution >= 0.6 is 0 Å². The minimum absolute atomic E-state index is 0.191. The van der Waals surface area contributed by atoms with Crippen LogP contribution < -0.4 is 10.6 Å². The van der Waals surface area contributed by atoms with Crippen molar-refractivity contribution < 1.29 is 9.53 Å². The van der Waals surface area contributed by atoms with Gasteiger partial charge in [0.15, 0.2) is 0 Å². The van der Waals surface area contributed by atoms with Crippen LogP contribution in [-0.2, 0) is 9.53 Å². The lowest BCUT2D eigenvalue weighted by Gasteiger charge is -2.35. The highest BCUT2D eigenvalue weighted by molar-refractivity contribution is 5.83. The number of hydrogen-bond donors (Lipinski definition) is 2. The van der Waals surface area contributed by atoms with Gasteiger partial charge in [-0.2, -0.15) is 0 Å². The Morgan fingerprint density at radius 2 is 2.22 bits per heavy atom. The first-order valence-corrected chi connectivity index (χ1v) is 7.32. The second kappa shape index (κ2) is 8.48. The molecule has 1 aliphatic rings. The average molecular weight is 256 g/mol. The molecule has 1 atom stereocenters. The summed E-state index contributed by atoms with van der Waals surface area (Å²) in [7, 11) is 0. The predicted octanol–water partition coefficient (Wildman–Crippen LogP) is 1.70. The van der Waals surface area contributed by atoms with Gasteiger partial charge < -0.3 is 15.4 Å². The number of rotatable bonds is 8. The van der Waals surface area contributed by atoms with Crippen LogP contribution in [0.3, 0.4) is 0 Å². The van der Waals surface area contributed by atoms with E-state index in [4.69, 9.17) is 4.74 Å². The molecule has 0 spiro atoms. The van der Waals surface area contributed by atoms with E-state index < -0.39 is 0 Å². The maximum absolute atomic E-state index is 12.2. The fraction of sp³-hybridized carbons (Fsp3) is 0.929. The zero-order valence-electron chi connectivity index (χ0n) is 11.9. The minimum atomic E-state index is -0.193. The smallest absolute Gasteiger partial charge is 0.227 e. The van der Waals surface area contributed by atoms with Gasteiger partial charge in [0.2, 0.25) is 5.91 Å². The van der Waals surface area contributed by atoms with Crippen LogP contribution in [-0.4, -0.2) is 38.8 Å². The summed E-state index contributed by atoms with van der Waals surface area (Å²) < 4.78 is 5.45. The first kappa shape index (κ1) is 15.4. The van der Waals surface area contributed by atoms with Crippen molar-refractivity contribution in [1.82, 2.24) is 10.6 Å². The van der Waals surface area contributed by atoms with Gasteiger partial charge in [-0.1, -0.05) is 20.3 Å². The summed E-state index contributed by atoms with van der Waals surface area (Å²) in [6, 6.07) is 0.